The van der Waals surface area contributed by atoms with Crippen molar-refractivity contribution in [3.8, 4) is 0 Å². The Bertz CT molecular complexity index is 853. The molecule has 2 heterocycles. The van der Waals surface area contributed by atoms with Crippen LogP contribution in [0.25, 0.3) is 11.0 Å². The number of aromatic nitrogens is 3. The smallest absolute Gasteiger partial charge is 0.257 e. The Morgan fingerprint density at radius 3 is 2.52 bits per heavy atom. The molecule has 0 aliphatic heterocycles. The van der Waals surface area contributed by atoms with Gasteiger partial charge in [0.1, 0.15) is 0 Å². The number of amides is 1. The first-order valence-corrected chi connectivity index (χ1v) is 12.1. The number of nitrogens with zero attached hydrogens (tertiary/aromatic N) is 5. The van der Waals surface area contributed by atoms with Gasteiger partial charge in [-0.15, -0.1) is 0 Å². The lowest BCUT2D eigenvalue weighted by molar-refractivity contribution is 0.0780. The molecule has 2 aromatic rings. The molecule has 1 fully saturated rings. The molecule has 1 unspecified atom stereocenters. The van der Waals surface area contributed by atoms with Gasteiger partial charge in [0.15, 0.2) is 5.65 Å². The number of carbonyl (C=O) groups excluding carboxylic acids is 1. The van der Waals surface area contributed by atoms with Gasteiger partial charge in [-0.25, -0.2) is 9.67 Å². The normalized spacial score (nSPS) is 16.1. The number of hydrogen-bond acceptors (Lipinski definition) is 5. The lowest BCUT2D eigenvalue weighted by Gasteiger charge is -2.30. The van der Waals surface area contributed by atoms with E-state index >= 15 is 0 Å². The summed E-state index contributed by atoms with van der Waals surface area (Å²) in [6.45, 7) is 12.9. The van der Waals surface area contributed by atoms with Crippen LogP contribution < -0.4 is 5.32 Å². The molecule has 1 atom stereocenters. The molecule has 0 radical (unpaired) electrons. The van der Waals surface area contributed by atoms with Crippen molar-refractivity contribution in [1.29, 1.82) is 0 Å². The Morgan fingerprint density at radius 2 is 1.87 bits per heavy atom. The standard InChI is InChI=1S/C24H40N6O/c1-6-29(7-2)15-14-28(5)24(31)21-16-25-23-20(17-26-30(23)8-3)22(21)27-18(4)19-12-10-9-11-13-19/h16-19H,6-15H2,1-5H3,(H,25,27). The number of pyridine rings is 1. The minimum absolute atomic E-state index is 0.0177. The maximum Gasteiger partial charge on any atom is 0.257 e. The molecular weight excluding hydrogens is 388 g/mol. The summed E-state index contributed by atoms with van der Waals surface area (Å²) in [6, 6.07) is 0.309. The summed E-state index contributed by atoms with van der Waals surface area (Å²) < 4.78 is 1.89. The molecule has 31 heavy (non-hydrogen) atoms. The Labute approximate surface area is 187 Å². The zero-order valence-corrected chi connectivity index (χ0v) is 20.0. The molecule has 0 bridgehead atoms. The zero-order chi connectivity index (χ0) is 22.4. The fourth-order valence-corrected chi connectivity index (χ4v) is 4.69. The van der Waals surface area contributed by atoms with Crippen molar-refractivity contribution in [3.05, 3.63) is 18.0 Å². The lowest BCUT2D eigenvalue weighted by Crippen LogP contribution is -2.37. The number of likely N-dealkylation sites (N-methyl/N-ethyl adjacent to an activating group) is 2. The van der Waals surface area contributed by atoms with Crippen LogP contribution in [0.1, 0.15) is 70.2 Å². The third-order valence-corrected chi connectivity index (χ3v) is 6.92. The summed E-state index contributed by atoms with van der Waals surface area (Å²) in [4.78, 5) is 22.2. The number of rotatable bonds is 10. The monoisotopic (exact) mass is 428 g/mol. The molecule has 2 aromatic heterocycles. The van der Waals surface area contributed by atoms with Crippen LogP contribution in [0.5, 0.6) is 0 Å². The first kappa shape index (κ1) is 23.5. The molecule has 0 aromatic carbocycles. The van der Waals surface area contributed by atoms with Crippen LogP contribution in [0.2, 0.25) is 0 Å². The second-order valence-electron chi connectivity index (χ2n) is 8.83. The van der Waals surface area contributed by atoms with Gasteiger partial charge < -0.3 is 15.1 Å². The fraction of sp³-hybridized carbons (Fsp3) is 0.708. The molecule has 7 heteroatoms. The van der Waals surface area contributed by atoms with Crippen LogP contribution in [-0.4, -0.2) is 69.7 Å². The van der Waals surface area contributed by atoms with Crippen molar-refractivity contribution < 1.29 is 4.79 Å². The third kappa shape index (κ3) is 5.37. The molecule has 1 aliphatic rings. The number of aryl methyl sites for hydroxylation is 1. The molecule has 1 saturated carbocycles. The summed E-state index contributed by atoms with van der Waals surface area (Å²) in [5.74, 6) is 0.658. The van der Waals surface area contributed by atoms with Gasteiger partial charge in [-0.05, 0) is 45.7 Å². The molecule has 1 N–H and O–H groups in total. The predicted octanol–water partition coefficient (Wildman–Crippen LogP) is 4.25. The van der Waals surface area contributed by atoms with Crippen molar-refractivity contribution in [2.75, 3.05) is 38.5 Å². The van der Waals surface area contributed by atoms with Gasteiger partial charge in [0, 0.05) is 38.9 Å². The number of nitrogens with one attached hydrogen (secondary N) is 1. The minimum atomic E-state index is 0.0177. The maximum absolute atomic E-state index is 13.4. The minimum Gasteiger partial charge on any atom is -0.381 e. The second kappa shape index (κ2) is 10.9. The molecule has 1 aliphatic carbocycles. The largest absolute Gasteiger partial charge is 0.381 e. The average Bonchev–Trinajstić information content (AvgIpc) is 3.23. The summed E-state index contributed by atoms with van der Waals surface area (Å²) in [6.07, 6.45) is 10.0. The average molecular weight is 429 g/mol. The van der Waals surface area contributed by atoms with Crippen LogP contribution >= 0.6 is 0 Å². The highest BCUT2D eigenvalue weighted by Gasteiger charge is 2.25. The van der Waals surface area contributed by atoms with Crippen molar-refractivity contribution in [3.63, 3.8) is 0 Å². The van der Waals surface area contributed by atoms with Gasteiger partial charge in [-0.3, -0.25) is 4.79 Å². The molecule has 0 saturated heterocycles. The Hall–Kier alpha value is -2.15. The van der Waals surface area contributed by atoms with E-state index in [4.69, 9.17) is 0 Å². The zero-order valence-electron chi connectivity index (χ0n) is 20.0. The number of fused-ring (bicyclic) bond motifs is 1. The van der Waals surface area contributed by atoms with Gasteiger partial charge in [0.2, 0.25) is 0 Å². The van der Waals surface area contributed by atoms with Crippen molar-refractivity contribution in [1.82, 2.24) is 24.6 Å². The van der Waals surface area contributed by atoms with Crippen LogP contribution in [0.15, 0.2) is 12.4 Å². The Balaban J connectivity index is 1.88. The fourth-order valence-electron chi connectivity index (χ4n) is 4.69. The van der Waals surface area contributed by atoms with E-state index in [1.807, 2.05) is 22.8 Å². The van der Waals surface area contributed by atoms with Crippen LogP contribution in [-0.2, 0) is 6.54 Å². The Morgan fingerprint density at radius 1 is 1.16 bits per heavy atom. The molecule has 7 nitrogen and oxygen atoms in total. The molecule has 3 rings (SSSR count). The summed E-state index contributed by atoms with van der Waals surface area (Å²) in [5, 5.41) is 9.17. The number of hydrogen-bond donors (Lipinski definition) is 1. The number of anilines is 1. The topological polar surface area (TPSA) is 66.3 Å². The van der Waals surface area contributed by atoms with E-state index in [1.165, 1.54) is 32.1 Å². The molecular formula is C24H40N6O. The van der Waals surface area contributed by atoms with Gasteiger partial charge in [-0.2, -0.15) is 5.10 Å². The van der Waals surface area contributed by atoms with E-state index in [2.05, 4.69) is 48.0 Å². The summed E-state index contributed by atoms with van der Waals surface area (Å²) >= 11 is 0. The van der Waals surface area contributed by atoms with Crippen LogP contribution in [0.4, 0.5) is 5.69 Å². The maximum atomic E-state index is 13.4. The summed E-state index contributed by atoms with van der Waals surface area (Å²) in [5.41, 5.74) is 2.37. The van der Waals surface area contributed by atoms with E-state index in [0.29, 0.717) is 24.1 Å². The van der Waals surface area contributed by atoms with Crippen molar-refractivity contribution >= 4 is 22.6 Å². The highest BCUT2D eigenvalue weighted by molar-refractivity contribution is 6.06. The van der Waals surface area contributed by atoms with Gasteiger partial charge in [-0.1, -0.05) is 33.1 Å². The van der Waals surface area contributed by atoms with Crippen molar-refractivity contribution in [2.45, 2.75) is 72.4 Å². The van der Waals surface area contributed by atoms with Crippen molar-refractivity contribution in [2.24, 2.45) is 5.92 Å². The van der Waals surface area contributed by atoms with E-state index in [9.17, 15) is 4.79 Å². The van der Waals surface area contributed by atoms with Crippen LogP contribution in [0, 0.1) is 5.92 Å². The number of carbonyl (C=O) groups is 1. The SMILES string of the molecule is CCN(CC)CCN(C)C(=O)c1cnc2c(cnn2CC)c1NC(C)C1CCCCC1. The van der Waals surface area contributed by atoms with E-state index in [0.717, 1.165) is 42.9 Å². The van der Waals surface area contributed by atoms with Crippen LogP contribution in [0.3, 0.4) is 0 Å². The highest BCUT2D eigenvalue weighted by atomic mass is 16.2. The first-order chi connectivity index (χ1) is 15.0. The van der Waals surface area contributed by atoms with E-state index in [1.54, 1.807) is 6.20 Å². The highest BCUT2D eigenvalue weighted by Crippen LogP contribution is 2.32. The first-order valence-electron chi connectivity index (χ1n) is 12.1. The molecule has 0 spiro atoms. The van der Waals surface area contributed by atoms with E-state index < -0.39 is 0 Å². The van der Waals surface area contributed by atoms with Gasteiger partial charge in [0.25, 0.3) is 5.91 Å². The summed E-state index contributed by atoms with van der Waals surface area (Å²) in [7, 11) is 1.89. The molecule has 172 valence electrons. The Kier molecular flexibility index (Phi) is 8.29. The predicted molar refractivity (Wildman–Crippen MR) is 128 cm³/mol. The van der Waals surface area contributed by atoms with Gasteiger partial charge in [0.05, 0.1) is 22.8 Å². The quantitative estimate of drug-likeness (QED) is 0.613. The van der Waals surface area contributed by atoms with E-state index in [-0.39, 0.29) is 5.91 Å². The lowest BCUT2D eigenvalue weighted by atomic mass is 9.84. The van der Waals surface area contributed by atoms with Gasteiger partial charge >= 0.3 is 0 Å². The second-order valence-corrected chi connectivity index (χ2v) is 8.83. The third-order valence-electron chi connectivity index (χ3n) is 6.92. The molecule has 1 amide bonds.